The van der Waals surface area contributed by atoms with Crippen LogP contribution in [0.15, 0.2) is 22.7 Å². The van der Waals surface area contributed by atoms with Crippen LogP contribution in [-0.4, -0.2) is 26.8 Å². The first-order valence-electron chi connectivity index (χ1n) is 6.48. The van der Waals surface area contributed by atoms with Gasteiger partial charge in [0.1, 0.15) is 0 Å². The quantitative estimate of drug-likeness (QED) is 0.787. The van der Waals surface area contributed by atoms with Gasteiger partial charge in [-0.15, -0.1) is 0 Å². The highest BCUT2D eigenvalue weighted by molar-refractivity contribution is 9.10. The van der Waals surface area contributed by atoms with Crippen LogP contribution >= 0.6 is 15.9 Å². The third-order valence-corrected chi connectivity index (χ3v) is 4.06. The van der Waals surface area contributed by atoms with E-state index in [-0.39, 0.29) is 0 Å². The Kier molecular flexibility index (Phi) is 5.03. The summed E-state index contributed by atoms with van der Waals surface area (Å²) in [5.41, 5.74) is 7.97. The lowest BCUT2D eigenvalue weighted by Crippen LogP contribution is -2.23. The number of hydrogen-bond acceptors (Lipinski definition) is 3. The zero-order valence-corrected chi connectivity index (χ0v) is 12.4. The first kappa shape index (κ1) is 13.8. The van der Waals surface area contributed by atoms with Crippen molar-refractivity contribution in [3.8, 4) is 0 Å². The highest BCUT2D eigenvalue weighted by atomic mass is 79.9. The molecule has 1 aromatic carbocycles. The average Bonchev–Trinajstić information content (AvgIpc) is 3.18. The molecule has 1 aromatic rings. The molecule has 0 radical (unpaired) electrons. The minimum atomic E-state index is 0.565. The minimum Gasteiger partial charge on any atom is -0.379 e. The van der Waals surface area contributed by atoms with E-state index in [1.165, 1.54) is 18.5 Å². The summed E-state index contributed by atoms with van der Waals surface area (Å²) in [6.07, 6.45) is 2.70. The molecule has 0 saturated heterocycles. The van der Waals surface area contributed by atoms with Crippen LogP contribution in [0.3, 0.4) is 0 Å². The molecular weight excluding hydrogens is 292 g/mol. The van der Waals surface area contributed by atoms with Crippen LogP contribution in [0.2, 0.25) is 0 Å². The number of hydrogen-bond donors (Lipinski definition) is 1. The van der Waals surface area contributed by atoms with Crippen LogP contribution in [-0.2, 0) is 11.3 Å². The molecule has 0 atom stereocenters. The van der Waals surface area contributed by atoms with Crippen LogP contribution in [0, 0.1) is 5.92 Å². The first-order valence-corrected chi connectivity index (χ1v) is 7.27. The predicted molar refractivity (Wildman–Crippen MR) is 78.8 cm³/mol. The van der Waals surface area contributed by atoms with Gasteiger partial charge in [0.2, 0.25) is 0 Å². The average molecular weight is 313 g/mol. The number of ether oxygens (including phenoxy) is 1. The van der Waals surface area contributed by atoms with Crippen molar-refractivity contribution in [3.63, 3.8) is 0 Å². The van der Waals surface area contributed by atoms with Gasteiger partial charge in [-0.25, -0.2) is 0 Å². The van der Waals surface area contributed by atoms with Crippen LogP contribution in [0.5, 0.6) is 0 Å². The molecule has 18 heavy (non-hydrogen) atoms. The highest BCUT2D eigenvalue weighted by Gasteiger charge is 2.20. The number of nitrogens with two attached hydrogens (primary N) is 1. The van der Waals surface area contributed by atoms with E-state index in [9.17, 15) is 0 Å². The minimum absolute atomic E-state index is 0.565. The second-order valence-corrected chi connectivity index (χ2v) is 5.77. The molecule has 0 heterocycles. The van der Waals surface area contributed by atoms with Gasteiger partial charge < -0.3 is 15.4 Å². The number of halogens is 1. The Bertz CT molecular complexity index is 393. The van der Waals surface area contributed by atoms with Gasteiger partial charge in [0.25, 0.3) is 0 Å². The topological polar surface area (TPSA) is 38.5 Å². The molecule has 0 aliphatic heterocycles. The summed E-state index contributed by atoms with van der Waals surface area (Å²) in [5, 5.41) is 0. The van der Waals surface area contributed by atoms with Gasteiger partial charge in [-0.3, -0.25) is 0 Å². The van der Waals surface area contributed by atoms with Gasteiger partial charge in [-0.05, 0) is 36.5 Å². The molecule has 0 aromatic heterocycles. The van der Waals surface area contributed by atoms with Crippen molar-refractivity contribution in [2.75, 3.05) is 31.7 Å². The zero-order valence-electron chi connectivity index (χ0n) is 10.9. The third kappa shape index (κ3) is 3.97. The lowest BCUT2D eigenvalue weighted by Gasteiger charge is -2.20. The van der Waals surface area contributed by atoms with Crippen LogP contribution < -0.4 is 10.6 Å². The van der Waals surface area contributed by atoms with Crippen molar-refractivity contribution in [1.82, 2.24) is 0 Å². The molecule has 2 rings (SSSR count). The molecule has 1 aliphatic rings. The van der Waals surface area contributed by atoms with E-state index in [1.807, 2.05) is 0 Å². The van der Waals surface area contributed by atoms with Gasteiger partial charge in [-0.1, -0.05) is 22.0 Å². The molecule has 2 N–H and O–H groups in total. The van der Waals surface area contributed by atoms with Crippen molar-refractivity contribution in [1.29, 1.82) is 0 Å². The molecular formula is C14H21BrN2O. The normalized spacial score (nSPS) is 14.8. The van der Waals surface area contributed by atoms with E-state index >= 15 is 0 Å². The van der Waals surface area contributed by atoms with E-state index in [1.54, 1.807) is 0 Å². The summed E-state index contributed by atoms with van der Waals surface area (Å²) >= 11 is 3.55. The molecule has 0 unspecified atom stereocenters. The molecule has 4 heteroatoms. The zero-order chi connectivity index (χ0) is 13.0. The lowest BCUT2D eigenvalue weighted by atomic mass is 10.2. The Balaban J connectivity index is 1.79. The van der Waals surface area contributed by atoms with Crippen molar-refractivity contribution in [2.45, 2.75) is 19.4 Å². The summed E-state index contributed by atoms with van der Waals surface area (Å²) in [6.45, 7) is 3.21. The standard InChI is InChI=1S/C14H21BrN2O/c1-17(6-7-18-10-11-2-3-11)13-5-4-12(9-16)14(15)8-13/h4-5,8,11H,2-3,6-7,9-10,16H2,1H3. The van der Waals surface area contributed by atoms with Crippen molar-refractivity contribution in [2.24, 2.45) is 11.7 Å². The Morgan fingerprint density at radius 2 is 2.22 bits per heavy atom. The fraction of sp³-hybridized carbons (Fsp3) is 0.571. The summed E-state index contributed by atoms with van der Waals surface area (Å²) in [6, 6.07) is 6.29. The van der Waals surface area contributed by atoms with E-state index in [0.29, 0.717) is 6.54 Å². The number of anilines is 1. The Hall–Kier alpha value is -0.580. The van der Waals surface area contributed by atoms with E-state index in [2.05, 4.69) is 46.1 Å². The fourth-order valence-corrected chi connectivity index (χ4v) is 2.33. The maximum Gasteiger partial charge on any atom is 0.0641 e. The predicted octanol–water partition coefficient (Wildman–Crippen LogP) is 2.77. The van der Waals surface area contributed by atoms with Crippen molar-refractivity contribution >= 4 is 21.6 Å². The number of likely N-dealkylation sites (N-methyl/N-ethyl adjacent to an activating group) is 1. The number of nitrogens with zero attached hydrogens (tertiary/aromatic N) is 1. The molecule has 0 bridgehead atoms. The van der Waals surface area contributed by atoms with Crippen LogP contribution in [0.25, 0.3) is 0 Å². The van der Waals surface area contributed by atoms with Gasteiger partial charge in [0.15, 0.2) is 0 Å². The summed E-state index contributed by atoms with van der Waals surface area (Å²) in [7, 11) is 2.09. The van der Waals surface area contributed by atoms with Gasteiger partial charge in [0.05, 0.1) is 6.61 Å². The van der Waals surface area contributed by atoms with Crippen molar-refractivity contribution < 1.29 is 4.74 Å². The Morgan fingerprint density at radius 1 is 1.44 bits per heavy atom. The SMILES string of the molecule is CN(CCOCC1CC1)c1ccc(CN)c(Br)c1. The van der Waals surface area contributed by atoms with E-state index in [0.717, 1.165) is 35.7 Å². The molecule has 1 saturated carbocycles. The lowest BCUT2D eigenvalue weighted by molar-refractivity contribution is 0.131. The number of rotatable bonds is 7. The third-order valence-electron chi connectivity index (χ3n) is 3.32. The van der Waals surface area contributed by atoms with Gasteiger partial charge in [0, 0.05) is 36.9 Å². The van der Waals surface area contributed by atoms with Gasteiger partial charge >= 0.3 is 0 Å². The second-order valence-electron chi connectivity index (χ2n) is 4.92. The van der Waals surface area contributed by atoms with Gasteiger partial charge in [-0.2, -0.15) is 0 Å². The number of benzene rings is 1. The first-order chi connectivity index (χ1) is 8.70. The molecule has 1 fully saturated rings. The largest absolute Gasteiger partial charge is 0.379 e. The molecule has 3 nitrogen and oxygen atoms in total. The monoisotopic (exact) mass is 312 g/mol. The second kappa shape index (κ2) is 6.55. The van der Waals surface area contributed by atoms with Crippen molar-refractivity contribution in [3.05, 3.63) is 28.2 Å². The van der Waals surface area contributed by atoms with E-state index < -0.39 is 0 Å². The summed E-state index contributed by atoms with van der Waals surface area (Å²) in [4.78, 5) is 2.21. The molecule has 100 valence electrons. The maximum absolute atomic E-state index is 5.65. The maximum atomic E-state index is 5.65. The molecule has 0 spiro atoms. The van der Waals surface area contributed by atoms with Crippen LogP contribution in [0.4, 0.5) is 5.69 Å². The molecule has 0 amide bonds. The Morgan fingerprint density at radius 3 is 2.83 bits per heavy atom. The van der Waals surface area contributed by atoms with E-state index in [4.69, 9.17) is 10.5 Å². The molecule has 1 aliphatic carbocycles. The summed E-state index contributed by atoms with van der Waals surface area (Å²) < 4.78 is 6.73. The Labute approximate surface area is 117 Å². The fourth-order valence-electron chi connectivity index (χ4n) is 1.80. The van der Waals surface area contributed by atoms with Crippen LogP contribution in [0.1, 0.15) is 18.4 Å². The smallest absolute Gasteiger partial charge is 0.0641 e. The summed E-state index contributed by atoms with van der Waals surface area (Å²) in [5.74, 6) is 0.841. The highest BCUT2D eigenvalue weighted by Crippen LogP contribution is 2.28.